The monoisotopic (exact) mass is 251 g/mol. The topological polar surface area (TPSA) is 61.0 Å². The van der Waals surface area contributed by atoms with E-state index in [0.717, 1.165) is 16.3 Å². The average Bonchev–Trinajstić information content (AvgIpc) is 2.46. The highest BCUT2D eigenvalue weighted by Gasteiger charge is 2.13. The number of nitrogen functional groups attached to an aromatic ring is 1. The molecule has 0 saturated carbocycles. The predicted octanol–water partition coefficient (Wildman–Crippen LogP) is 2.89. The minimum atomic E-state index is 0.348. The second-order valence-corrected chi connectivity index (χ2v) is 4.17. The summed E-state index contributed by atoms with van der Waals surface area (Å²) in [5.41, 5.74) is 7.54. The van der Waals surface area contributed by atoms with E-state index in [1.807, 2.05) is 24.3 Å². The Balaban J connectivity index is 2.34. The molecule has 0 spiro atoms. The van der Waals surface area contributed by atoms with Crippen LogP contribution in [0.3, 0.4) is 0 Å². The molecule has 0 aliphatic heterocycles. The Labute approximate surface area is 110 Å². The first-order valence-electron chi connectivity index (χ1n) is 5.94. The van der Waals surface area contributed by atoms with Crippen LogP contribution < -0.4 is 10.5 Å². The van der Waals surface area contributed by atoms with Crippen molar-refractivity contribution < 1.29 is 4.74 Å². The number of aromatic nitrogens is 2. The van der Waals surface area contributed by atoms with Gasteiger partial charge in [-0.3, -0.25) is 0 Å². The van der Waals surface area contributed by atoms with Crippen LogP contribution in [0.2, 0.25) is 0 Å². The van der Waals surface area contributed by atoms with Gasteiger partial charge in [0.15, 0.2) is 11.6 Å². The van der Waals surface area contributed by atoms with Crippen LogP contribution in [0.1, 0.15) is 0 Å². The van der Waals surface area contributed by atoms with Crippen molar-refractivity contribution >= 4 is 16.6 Å². The lowest BCUT2D eigenvalue weighted by Gasteiger charge is -2.11. The number of hydrogen-bond acceptors (Lipinski definition) is 4. The van der Waals surface area contributed by atoms with Crippen LogP contribution >= 0.6 is 0 Å². The van der Waals surface area contributed by atoms with Crippen LogP contribution in [0.15, 0.2) is 48.8 Å². The van der Waals surface area contributed by atoms with E-state index >= 15 is 0 Å². The van der Waals surface area contributed by atoms with E-state index in [4.69, 9.17) is 10.5 Å². The summed E-state index contributed by atoms with van der Waals surface area (Å²) in [5.74, 6) is 0.860. The Kier molecular flexibility index (Phi) is 2.76. The summed E-state index contributed by atoms with van der Waals surface area (Å²) in [4.78, 5) is 8.27. The Morgan fingerprint density at radius 2 is 1.79 bits per heavy atom. The van der Waals surface area contributed by atoms with Gasteiger partial charge in [-0.2, -0.15) is 0 Å². The minimum Gasteiger partial charge on any atom is -0.491 e. The number of nitrogens with two attached hydrogens (primary N) is 1. The molecule has 0 aliphatic rings. The van der Waals surface area contributed by atoms with Crippen LogP contribution in [0.4, 0.5) is 5.82 Å². The molecule has 2 N–H and O–H groups in total. The molecular formula is C15H13N3O. The van der Waals surface area contributed by atoms with Gasteiger partial charge in [0.1, 0.15) is 12.0 Å². The van der Waals surface area contributed by atoms with E-state index in [1.54, 1.807) is 7.11 Å². The van der Waals surface area contributed by atoms with Gasteiger partial charge in [-0.15, -0.1) is 0 Å². The molecule has 0 atom stereocenters. The van der Waals surface area contributed by atoms with Crippen LogP contribution in [0, 0.1) is 0 Å². The summed E-state index contributed by atoms with van der Waals surface area (Å²) in [6.45, 7) is 0. The molecule has 0 radical (unpaired) electrons. The fourth-order valence-electron chi connectivity index (χ4n) is 2.21. The van der Waals surface area contributed by atoms with Gasteiger partial charge in [0, 0.05) is 5.56 Å². The van der Waals surface area contributed by atoms with Crippen LogP contribution in [-0.2, 0) is 0 Å². The third kappa shape index (κ3) is 1.87. The molecular weight excluding hydrogens is 238 g/mol. The Hall–Kier alpha value is -2.62. The van der Waals surface area contributed by atoms with Crippen LogP contribution in [0.5, 0.6) is 5.75 Å². The largest absolute Gasteiger partial charge is 0.491 e. The highest BCUT2D eigenvalue weighted by atomic mass is 16.5. The maximum Gasteiger partial charge on any atom is 0.187 e. The highest BCUT2D eigenvalue weighted by molar-refractivity contribution is 5.97. The molecule has 19 heavy (non-hydrogen) atoms. The molecule has 2 aromatic carbocycles. The van der Waals surface area contributed by atoms with E-state index in [-0.39, 0.29) is 0 Å². The van der Waals surface area contributed by atoms with Crippen molar-refractivity contribution in [3.05, 3.63) is 48.8 Å². The average molecular weight is 251 g/mol. The van der Waals surface area contributed by atoms with Gasteiger partial charge >= 0.3 is 0 Å². The molecule has 0 saturated heterocycles. The molecule has 1 heterocycles. The lowest BCUT2D eigenvalue weighted by molar-refractivity contribution is 0.415. The minimum absolute atomic E-state index is 0.348. The number of nitrogens with zero attached hydrogens (tertiary/aromatic N) is 2. The van der Waals surface area contributed by atoms with Crippen LogP contribution in [0.25, 0.3) is 22.0 Å². The van der Waals surface area contributed by atoms with Gasteiger partial charge < -0.3 is 10.5 Å². The second-order valence-electron chi connectivity index (χ2n) is 4.17. The summed E-state index contributed by atoms with van der Waals surface area (Å²) in [6.07, 6.45) is 1.45. The van der Waals surface area contributed by atoms with E-state index in [9.17, 15) is 0 Å². The van der Waals surface area contributed by atoms with Crippen molar-refractivity contribution in [1.29, 1.82) is 0 Å². The van der Waals surface area contributed by atoms with Gasteiger partial charge in [-0.1, -0.05) is 42.5 Å². The summed E-state index contributed by atoms with van der Waals surface area (Å²) in [6, 6.07) is 14.2. The first kappa shape index (κ1) is 11.5. The van der Waals surface area contributed by atoms with E-state index in [0.29, 0.717) is 17.3 Å². The van der Waals surface area contributed by atoms with Crippen molar-refractivity contribution in [2.45, 2.75) is 0 Å². The third-order valence-corrected chi connectivity index (χ3v) is 3.08. The highest BCUT2D eigenvalue weighted by Crippen LogP contribution is 2.35. The van der Waals surface area contributed by atoms with Crippen molar-refractivity contribution in [1.82, 2.24) is 9.97 Å². The van der Waals surface area contributed by atoms with E-state index in [1.165, 1.54) is 6.33 Å². The van der Waals surface area contributed by atoms with Crippen molar-refractivity contribution in [2.75, 3.05) is 12.8 Å². The number of fused-ring (bicyclic) bond motifs is 1. The second kappa shape index (κ2) is 4.57. The maximum absolute atomic E-state index is 5.84. The number of methoxy groups -OCH3 is 1. The van der Waals surface area contributed by atoms with Gasteiger partial charge in [0.05, 0.1) is 7.11 Å². The number of anilines is 1. The molecule has 1 aromatic heterocycles. The molecule has 3 aromatic rings. The summed E-state index contributed by atoms with van der Waals surface area (Å²) >= 11 is 0. The van der Waals surface area contributed by atoms with E-state index in [2.05, 4.69) is 28.2 Å². The smallest absolute Gasteiger partial charge is 0.187 e. The Bertz CT molecular complexity index is 735. The van der Waals surface area contributed by atoms with Crippen LogP contribution in [-0.4, -0.2) is 17.1 Å². The lowest BCUT2D eigenvalue weighted by Crippen LogP contribution is -2.00. The molecule has 3 rings (SSSR count). The van der Waals surface area contributed by atoms with Crippen molar-refractivity contribution in [3.63, 3.8) is 0 Å². The number of ether oxygens (including phenoxy) is 1. The third-order valence-electron chi connectivity index (χ3n) is 3.08. The summed E-state index contributed by atoms with van der Waals surface area (Å²) in [5, 5.41) is 2.26. The Morgan fingerprint density at radius 1 is 1.00 bits per heavy atom. The fourth-order valence-corrected chi connectivity index (χ4v) is 2.21. The number of benzene rings is 2. The van der Waals surface area contributed by atoms with Crippen molar-refractivity contribution in [2.24, 2.45) is 0 Å². The standard InChI is InChI=1S/C15H13N3O/c1-19-14-13(17-9-18-15(14)16)12-8-4-6-10-5-2-3-7-11(10)12/h2-9H,1H3,(H2,16,17,18). The summed E-state index contributed by atoms with van der Waals surface area (Å²) < 4.78 is 5.33. The molecule has 0 aliphatic carbocycles. The molecule has 0 amide bonds. The van der Waals surface area contributed by atoms with Gasteiger partial charge in [-0.25, -0.2) is 9.97 Å². The summed E-state index contributed by atoms with van der Waals surface area (Å²) in [7, 11) is 1.57. The lowest BCUT2D eigenvalue weighted by atomic mass is 10.0. The van der Waals surface area contributed by atoms with Gasteiger partial charge in [0.25, 0.3) is 0 Å². The van der Waals surface area contributed by atoms with E-state index < -0.39 is 0 Å². The Morgan fingerprint density at radius 3 is 2.63 bits per heavy atom. The number of rotatable bonds is 2. The molecule has 0 unspecified atom stereocenters. The fraction of sp³-hybridized carbons (Fsp3) is 0.0667. The molecule has 4 nitrogen and oxygen atoms in total. The predicted molar refractivity (Wildman–Crippen MR) is 75.9 cm³/mol. The van der Waals surface area contributed by atoms with Crippen molar-refractivity contribution in [3.8, 4) is 17.0 Å². The molecule has 0 fully saturated rings. The van der Waals surface area contributed by atoms with Gasteiger partial charge in [-0.05, 0) is 10.8 Å². The maximum atomic E-state index is 5.84. The molecule has 0 bridgehead atoms. The molecule has 4 heteroatoms. The first-order valence-corrected chi connectivity index (χ1v) is 5.94. The zero-order valence-corrected chi connectivity index (χ0v) is 10.5. The first-order chi connectivity index (χ1) is 9.31. The zero-order chi connectivity index (χ0) is 13.2. The van der Waals surface area contributed by atoms with Gasteiger partial charge in [0.2, 0.25) is 0 Å². The zero-order valence-electron chi connectivity index (χ0n) is 10.5. The quantitative estimate of drug-likeness (QED) is 0.760. The normalized spacial score (nSPS) is 10.6. The number of hydrogen-bond donors (Lipinski definition) is 1. The molecule has 94 valence electrons. The SMILES string of the molecule is COc1c(N)ncnc1-c1cccc2ccccc12.